The summed E-state index contributed by atoms with van der Waals surface area (Å²) in [4.78, 5) is 0. The average molecular weight is 158 g/mol. The van der Waals surface area contributed by atoms with Crippen LogP contribution in [0.1, 0.15) is 52.4 Å². The van der Waals surface area contributed by atoms with Crippen LogP contribution in [0, 0.1) is 5.92 Å². The molecule has 0 spiro atoms. The predicted molar refractivity (Wildman–Crippen MR) is 46.4 cm³/mol. The van der Waals surface area contributed by atoms with Crippen molar-refractivity contribution in [3.8, 4) is 0 Å². The van der Waals surface area contributed by atoms with Gasteiger partial charge in [-0.25, -0.2) is 4.39 Å². The van der Waals surface area contributed by atoms with E-state index in [1.54, 1.807) is 6.92 Å². The molecule has 0 radical (unpaired) electrons. The van der Waals surface area contributed by atoms with Gasteiger partial charge in [-0.05, 0) is 25.7 Å². The van der Waals surface area contributed by atoms with Crippen LogP contribution in [0.2, 0.25) is 0 Å². The van der Waals surface area contributed by atoms with Gasteiger partial charge in [-0.2, -0.15) is 0 Å². The van der Waals surface area contributed by atoms with Gasteiger partial charge in [-0.3, -0.25) is 0 Å². The molecule has 2 atom stereocenters. The van der Waals surface area contributed by atoms with Gasteiger partial charge in [0.2, 0.25) is 0 Å². The lowest BCUT2D eigenvalue weighted by molar-refractivity contribution is 0.0908. The van der Waals surface area contributed by atoms with Crippen molar-refractivity contribution in [3.05, 3.63) is 0 Å². The highest BCUT2D eigenvalue weighted by Crippen LogP contribution is 2.36. The molecule has 0 heterocycles. The standard InChI is InChI=1S/C10H19F/c1-3-5-9-6-4-7-10(2,11)8-9/h9H,3-8H2,1-2H3. The second-order valence-electron chi connectivity index (χ2n) is 4.16. The summed E-state index contributed by atoms with van der Waals surface area (Å²) in [6, 6.07) is 0. The Hall–Kier alpha value is -0.0700. The molecule has 1 aliphatic carbocycles. The Morgan fingerprint density at radius 1 is 1.55 bits per heavy atom. The molecule has 0 aliphatic heterocycles. The zero-order chi connectivity index (χ0) is 8.32. The third kappa shape index (κ3) is 2.80. The van der Waals surface area contributed by atoms with E-state index >= 15 is 0 Å². The molecule has 0 aromatic rings. The summed E-state index contributed by atoms with van der Waals surface area (Å²) in [5.41, 5.74) is -0.849. The quantitative estimate of drug-likeness (QED) is 0.574. The molecule has 0 bridgehead atoms. The molecule has 2 unspecified atom stereocenters. The van der Waals surface area contributed by atoms with E-state index in [0.29, 0.717) is 5.92 Å². The fourth-order valence-electron chi connectivity index (χ4n) is 2.22. The van der Waals surface area contributed by atoms with Gasteiger partial charge >= 0.3 is 0 Å². The topological polar surface area (TPSA) is 0 Å². The van der Waals surface area contributed by atoms with Gasteiger partial charge < -0.3 is 0 Å². The molecule has 1 fully saturated rings. The van der Waals surface area contributed by atoms with Gasteiger partial charge in [0, 0.05) is 0 Å². The minimum absolute atomic E-state index is 0.670. The number of hydrogen-bond donors (Lipinski definition) is 0. The van der Waals surface area contributed by atoms with Crippen LogP contribution in [0.4, 0.5) is 4.39 Å². The Morgan fingerprint density at radius 3 is 2.82 bits per heavy atom. The average Bonchev–Trinajstić information content (AvgIpc) is 1.85. The first-order valence-electron chi connectivity index (χ1n) is 4.83. The van der Waals surface area contributed by atoms with E-state index in [2.05, 4.69) is 6.92 Å². The molecule has 1 saturated carbocycles. The summed E-state index contributed by atoms with van der Waals surface area (Å²) in [5.74, 6) is 0.670. The predicted octanol–water partition coefficient (Wildman–Crippen LogP) is 3.70. The first-order valence-corrected chi connectivity index (χ1v) is 4.83. The maximum Gasteiger partial charge on any atom is 0.108 e. The van der Waals surface area contributed by atoms with Gasteiger partial charge in [0.25, 0.3) is 0 Å². The zero-order valence-electron chi connectivity index (χ0n) is 7.70. The normalized spacial score (nSPS) is 39.0. The third-order valence-corrected chi connectivity index (χ3v) is 2.72. The Balaban J connectivity index is 2.34. The van der Waals surface area contributed by atoms with E-state index in [-0.39, 0.29) is 0 Å². The van der Waals surface area contributed by atoms with Gasteiger partial charge in [-0.15, -0.1) is 0 Å². The Bertz CT molecular complexity index is 116. The van der Waals surface area contributed by atoms with Crippen molar-refractivity contribution >= 4 is 0 Å². The first-order chi connectivity index (χ1) is 5.14. The van der Waals surface area contributed by atoms with Crippen LogP contribution in [-0.4, -0.2) is 5.67 Å². The number of halogens is 1. The lowest BCUT2D eigenvalue weighted by atomic mass is 9.78. The summed E-state index contributed by atoms with van der Waals surface area (Å²) in [5, 5.41) is 0. The Kier molecular flexibility index (Phi) is 2.91. The van der Waals surface area contributed by atoms with Crippen LogP contribution in [0.5, 0.6) is 0 Å². The van der Waals surface area contributed by atoms with Crippen molar-refractivity contribution in [2.75, 3.05) is 0 Å². The minimum Gasteiger partial charge on any atom is -0.244 e. The lowest BCUT2D eigenvalue weighted by Crippen LogP contribution is -2.27. The van der Waals surface area contributed by atoms with E-state index in [0.717, 1.165) is 19.3 Å². The molecule has 0 nitrogen and oxygen atoms in total. The third-order valence-electron chi connectivity index (χ3n) is 2.72. The van der Waals surface area contributed by atoms with Crippen molar-refractivity contribution in [2.24, 2.45) is 5.92 Å². The zero-order valence-corrected chi connectivity index (χ0v) is 7.70. The molecular formula is C10H19F. The molecule has 0 N–H and O–H groups in total. The van der Waals surface area contributed by atoms with E-state index in [4.69, 9.17) is 0 Å². The van der Waals surface area contributed by atoms with Crippen molar-refractivity contribution < 1.29 is 4.39 Å². The highest BCUT2D eigenvalue weighted by atomic mass is 19.1. The lowest BCUT2D eigenvalue weighted by Gasteiger charge is -2.31. The number of hydrogen-bond acceptors (Lipinski definition) is 0. The van der Waals surface area contributed by atoms with Crippen LogP contribution in [0.15, 0.2) is 0 Å². The maximum atomic E-state index is 13.4. The Morgan fingerprint density at radius 2 is 2.27 bits per heavy atom. The summed E-state index contributed by atoms with van der Waals surface area (Å²) >= 11 is 0. The van der Waals surface area contributed by atoms with Crippen LogP contribution in [-0.2, 0) is 0 Å². The molecule has 1 aliphatic rings. The van der Waals surface area contributed by atoms with Crippen LogP contribution in [0.25, 0.3) is 0 Å². The fourth-order valence-corrected chi connectivity index (χ4v) is 2.22. The van der Waals surface area contributed by atoms with E-state index in [9.17, 15) is 4.39 Å². The molecule has 0 aromatic carbocycles. The first kappa shape index (κ1) is 9.02. The molecule has 0 aromatic heterocycles. The van der Waals surface area contributed by atoms with Crippen molar-refractivity contribution in [1.29, 1.82) is 0 Å². The summed E-state index contributed by atoms with van der Waals surface area (Å²) in [7, 11) is 0. The fraction of sp³-hybridized carbons (Fsp3) is 1.00. The monoisotopic (exact) mass is 158 g/mol. The highest BCUT2D eigenvalue weighted by molar-refractivity contribution is 4.82. The van der Waals surface area contributed by atoms with Crippen molar-refractivity contribution in [3.63, 3.8) is 0 Å². The van der Waals surface area contributed by atoms with Crippen LogP contribution < -0.4 is 0 Å². The number of alkyl halides is 1. The molecule has 0 amide bonds. The van der Waals surface area contributed by atoms with Gasteiger partial charge in [0.15, 0.2) is 0 Å². The number of rotatable bonds is 2. The van der Waals surface area contributed by atoms with E-state index < -0.39 is 5.67 Å². The maximum absolute atomic E-state index is 13.4. The molecule has 66 valence electrons. The molecule has 0 saturated heterocycles. The van der Waals surface area contributed by atoms with Crippen molar-refractivity contribution in [2.45, 2.75) is 58.0 Å². The van der Waals surface area contributed by atoms with E-state index in [1.165, 1.54) is 19.3 Å². The summed E-state index contributed by atoms with van der Waals surface area (Å²) in [6.45, 7) is 3.94. The second kappa shape index (κ2) is 3.55. The van der Waals surface area contributed by atoms with Gasteiger partial charge in [0.1, 0.15) is 5.67 Å². The Labute approximate surface area is 69.2 Å². The van der Waals surface area contributed by atoms with Gasteiger partial charge in [0.05, 0.1) is 0 Å². The molecule has 1 heteroatoms. The molecule has 1 rings (SSSR count). The van der Waals surface area contributed by atoms with E-state index in [1.807, 2.05) is 0 Å². The van der Waals surface area contributed by atoms with Crippen LogP contribution in [0.3, 0.4) is 0 Å². The summed E-state index contributed by atoms with van der Waals surface area (Å²) in [6.07, 6.45) is 6.37. The highest BCUT2D eigenvalue weighted by Gasteiger charge is 2.30. The summed E-state index contributed by atoms with van der Waals surface area (Å²) < 4.78 is 13.4. The van der Waals surface area contributed by atoms with Crippen molar-refractivity contribution in [1.82, 2.24) is 0 Å². The molecule has 11 heavy (non-hydrogen) atoms. The minimum atomic E-state index is -0.849. The molecular weight excluding hydrogens is 139 g/mol. The largest absolute Gasteiger partial charge is 0.244 e. The van der Waals surface area contributed by atoms with Gasteiger partial charge in [-0.1, -0.05) is 32.6 Å². The second-order valence-corrected chi connectivity index (χ2v) is 4.16. The van der Waals surface area contributed by atoms with Crippen LogP contribution >= 0.6 is 0 Å². The SMILES string of the molecule is CCCC1CCCC(C)(F)C1. The smallest absolute Gasteiger partial charge is 0.108 e.